The number of ether oxygens (including phenoxy) is 1. The zero-order valence-electron chi connectivity index (χ0n) is 11.3. The number of nitrogens with zero attached hydrogens (tertiary/aromatic N) is 2. The van der Waals surface area contributed by atoms with E-state index in [2.05, 4.69) is 4.74 Å². The molecule has 0 N–H and O–H groups in total. The van der Waals surface area contributed by atoms with Gasteiger partial charge in [0.15, 0.2) is 11.6 Å². The average Bonchev–Trinajstić information content (AvgIpc) is 2.43. The fourth-order valence-electron chi connectivity index (χ4n) is 1.91. The van der Waals surface area contributed by atoms with E-state index in [1.807, 2.05) is 0 Å². The van der Waals surface area contributed by atoms with Gasteiger partial charge < -0.3 is 14.7 Å². The van der Waals surface area contributed by atoms with Crippen LogP contribution in [0.3, 0.4) is 0 Å². The fraction of sp³-hybridized carbons (Fsp3) is 0.250. The molecule has 1 aromatic heterocycles. The van der Waals surface area contributed by atoms with E-state index in [-0.39, 0.29) is 18.7 Å². The third kappa shape index (κ3) is 2.69. The Morgan fingerprint density at radius 1 is 1.30 bits per heavy atom. The summed E-state index contributed by atoms with van der Waals surface area (Å²) in [6.07, 6.45) is -5.41. The maximum absolute atomic E-state index is 13.2. The van der Waals surface area contributed by atoms with Gasteiger partial charge in [-0.3, -0.25) is 0 Å². The van der Waals surface area contributed by atoms with Gasteiger partial charge in [0.25, 0.3) is 5.52 Å². The summed E-state index contributed by atoms with van der Waals surface area (Å²) in [4.78, 5) is 23.6. The third-order valence-electron chi connectivity index (χ3n) is 2.82. The Labute approximate surface area is 123 Å². The largest absolute Gasteiger partial charge is 0.805 e. The summed E-state index contributed by atoms with van der Waals surface area (Å²) in [6.45, 7) is 0.895. The fourth-order valence-corrected chi connectivity index (χ4v) is 1.91. The van der Waals surface area contributed by atoms with E-state index in [1.165, 1.54) is 6.92 Å². The second-order valence-corrected chi connectivity index (χ2v) is 4.26. The number of hydrogen-bond donors (Lipinski definition) is 0. The molecule has 0 fully saturated rings. The number of hydrogen-bond acceptors (Lipinski definition) is 4. The van der Waals surface area contributed by atoms with Crippen LogP contribution in [-0.4, -0.2) is 17.3 Å². The molecule has 0 spiro atoms. The molecule has 0 aliphatic carbocycles. The van der Waals surface area contributed by atoms with Crippen molar-refractivity contribution in [3.05, 3.63) is 45.3 Å². The second-order valence-electron chi connectivity index (χ2n) is 4.26. The molecule has 0 bridgehead atoms. The molecule has 0 unspecified atom stereocenters. The van der Waals surface area contributed by atoms with Gasteiger partial charge in [0.2, 0.25) is 5.69 Å². The zero-order valence-corrected chi connectivity index (χ0v) is 11.3. The molecule has 0 aliphatic heterocycles. The highest BCUT2D eigenvalue weighted by Crippen LogP contribution is 2.32. The lowest BCUT2D eigenvalue weighted by Crippen LogP contribution is -2.35. The molecule has 11 heteroatoms. The molecule has 0 saturated heterocycles. The predicted molar refractivity (Wildman–Crippen MR) is 64.9 cm³/mol. The van der Waals surface area contributed by atoms with Gasteiger partial charge in [-0.05, 0) is 6.92 Å². The summed E-state index contributed by atoms with van der Waals surface area (Å²) in [6, 6.07) is 0.352. The number of fused-ring (bicyclic) bond motifs is 1. The smallest absolute Gasteiger partial charge is 0.438 e. The van der Waals surface area contributed by atoms with Gasteiger partial charge in [-0.15, -0.1) is 0 Å². The number of rotatable bonds is 2. The van der Waals surface area contributed by atoms with Crippen LogP contribution in [0, 0.1) is 21.7 Å². The number of halogens is 5. The first kappa shape index (κ1) is 16.6. The molecule has 1 aromatic carbocycles. The molecule has 0 amide bonds. The Kier molecular flexibility index (Phi) is 3.97. The molecule has 1 heterocycles. The summed E-state index contributed by atoms with van der Waals surface area (Å²) in [5, 5.41) is 11.9. The van der Waals surface area contributed by atoms with Crippen LogP contribution in [0.15, 0.2) is 12.1 Å². The Hall–Kier alpha value is -2.72. The summed E-state index contributed by atoms with van der Waals surface area (Å²) in [7, 11) is 0. The molecule has 6 nitrogen and oxygen atoms in total. The van der Waals surface area contributed by atoms with E-state index < -0.39 is 55.4 Å². The topological polar surface area (TPSA) is 77.3 Å². The SMILES string of the molecule is CCOC(=O)c1c(C(F)(F)F)n([O-])c2cc(F)c(F)cc2[n+]1=O. The molecule has 23 heavy (non-hydrogen) atoms. The van der Waals surface area contributed by atoms with Crippen molar-refractivity contribution >= 4 is 17.0 Å². The summed E-state index contributed by atoms with van der Waals surface area (Å²) in [5.41, 5.74) is -5.87. The Morgan fingerprint density at radius 2 is 1.87 bits per heavy atom. The average molecular weight is 338 g/mol. The minimum absolute atomic E-state index is 0.135. The van der Waals surface area contributed by atoms with Crippen LogP contribution in [0.25, 0.3) is 11.0 Å². The maximum Gasteiger partial charge on any atom is 0.438 e. The molecule has 0 radical (unpaired) electrons. The molecule has 2 aromatic rings. The van der Waals surface area contributed by atoms with Crippen molar-refractivity contribution in [3.8, 4) is 0 Å². The molecule has 0 saturated carbocycles. The second kappa shape index (κ2) is 5.48. The number of aromatic nitrogens is 2. The first-order chi connectivity index (χ1) is 10.6. The van der Waals surface area contributed by atoms with Gasteiger partial charge in [-0.25, -0.2) is 13.6 Å². The highest BCUT2D eigenvalue weighted by atomic mass is 19.4. The van der Waals surface area contributed by atoms with Gasteiger partial charge >= 0.3 is 17.8 Å². The summed E-state index contributed by atoms with van der Waals surface area (Å²) >= 11 is 0. The molecular formula is C12H7F5N2O4. The Bertz CT molecular complexity index is 859. The van der Waals surface area contributed by atoms with Crippen molar-refractivity contribution in [2.24, 2.45) is 0 Å². The molecule has 0 atom stereocenters. The van der Waals surface area contributed by atoms with E-state index in [1.54, 1.807) is 0 Å². The normalized spacial score (nSPS) is 11.7. The Balaban J connectivity index is 3.03. The lowest BCUT2D eigenvalue weighted by Gasteiger charge is -2.20. The highest BCUT2D eigenvalue weighted by Gasteiger charge is 2.45. The van der Waals surface area contributed by atoms with Crippen molar-refractivity contribution in [2.45, 2.75) is 13.1 Å². The first-order valence-corrected chi connectivity index (χ1v) is 6.01. The predicted octanol–water partition coefficient (Wildman–Crippen LogP) is 2.38. The summed E-state index contributed by atoms with van der Waals surface area (Å²) in [5.74, 6) is -4.91. The quantitative estimate of drug-likeness (QED) is 0.478. The van der Waals surface area contributed by atoms with E-state index in [0.29, 0.717) is 0 Å². The van der Waals surface area contributed by atoms with E-state index in [0.717, 1.165) is 0 Å². The highest BCUT2D eigenvalue weighted by molar-refractivity contribution is 5.89. The number of esters is 1. The van der Waals surface area contributed by atoms with Crippen molar-refractivity contribution < 1.29 is 35.9 Å². The number of carbonyl (C=O) groups is 1. The van der Waals surface area contributed by atoms with E-state index in [9.17, 15) is 36.9 Å². The van der Waals surface area contributed by atoms with Gasteiger partial charge in [-0.1, -0.05) is 0 Å². The van der Waals surface area contributed by atoms with Crippen LogP contribution >= 0.6 is 0 Å². The zero-order chi connectivity index (χ0) is 17.5. The van der Waals surface area contributed by atoms with Crippen LogP contribution in [0.2, 0.25) is 0 Å². The lowest BCUT2D eigenvalue weighted by molar-refractivity contribution is -0.471. The molecular weight excluding hydrogens is 331 g/mol. The van der Waals surface area contributed by atoms with Crippen LogP contribution in [0.5, 0.6) is 0 Å². The molecule has 124 valence electrons. The van der Waals surface area contributed by atoms with Gasteiger partial charge in [0.1, 0.15) is 5.52 Å². The number of carbonyl (C=O) groups excluding carboxylic acids is 1. The number of alkyl halides is 3. The van der Waals surface area contributed by atoms with Crippen LogP contribution in [-0.2, 0) is 10.9 Å². The molecule has 2 rings (SSSR count). The third-order valence-corrected chi connectivity index (χ3v) is 2.82. The lowest BCUT2D eigenvalue weighted by atomic mass is 10.2. The van der Waals surface area contributed by atoms with Gasteiger partial charge in [0, 0.05) is 11.0 Å². The van der Waals surface area contributed by atoms with Gasteiger partial charge in [-0.2, -0.15) is 13.2 Å². The summed E-state index contributed by atoms with van der Waals surface area (Å²) < 4.78 is 68.4. The monoisotopic (exact) mass is 338 g/mol. The van der Waals surface area contributed by atoms with Crippen molar-refractivity contribution in [1.82, 2.24) is 4.73 Å². The van der Waals surface area contributed by atoms with Crippen LogP contribution in [0.4, 0.5) is 22.0 Å². The minimum Gasteiger partial charge on any atom is -0.805 e. The van der Waals surface area contributed by atoms with Crippen LogP contribution < -0.4 is 4.43 Å². The van der Waals surface area contributed by atoms with E-state index in [4.69, 9.17) is 0 Å². The maximum atomic E-state index is 13.2. The van der Waals surface area contributed by atoms with Gasteiger partial charge in [0.05, 0.1) is 17.1 Å². The van der Waals surface area contributed by atoms with Crippen molar-refractivity contribution in [2.75, 3.05) is 6.61 Å². The molecule has 0 aliphatic rings. The van der Waals surface area contributed by atoms with Crippen LogP contribution in [0.1, 0.15) is 23.1 Å². The standard InChI is InChI=1S/C12H7F5N2O4/c1-2-23-11(20)9-10(12(15,16)17)19(22)8-4-6(14)5(13)3-7(8)18(9)21/h3-4H,2H2,1H3. The minimum atomic E-state index is -5.41. The van der Waals surface area contributed by atoms with Crippen molar-refractivity contribution in [3.63, 3.8) is 0 Å². The van der Waals surface area contributed by atoms with E-state index >= 15 is 0 Å². The number of benzene rings is 1. The first-order valence-electron chi connectivity index (χ1n) is 6.01. The Morgan fingerprint density at radius 3 is 2.39 bits per heavy atom. The van der Waals surface area contributed by atoms with Crippen molar-refractivity contribution in [1.29, 1.82) is 0 Å².